The predicted molar refractivity (Wildman–Crippen MR) is 76.9 cm³/mol. The quantitative estimate of drug-likeness (QED) is 0.858. The molecule has 2 N–H and O–H groups in total. The van der Waals surface area contributed by atoms with Gasteiger partial charge < -0.3 is 15.2 Å². The Bertz CT molecular complexity index is 616. The summed E-state index contributed by atoms with van der Waals surface area (Å²) in [6.45, 7) is 0.636. The Hall–Kier alpha value is -2.56. The second-order valence-electron chi connectivity index (χ2n) is 4.55. The van der Waals surface area contributed by atoms with Gasteiger partial charge in [0, 0.05) is 6.54 Å². The van der Waals surface area contributed by atoms with Gasteiger partial charge in [0.1, 0.15) is 18.2 Å². The van der Waals surface area contributed by atoms with E-state index in [0.717, 1.165) is 11.1 Å². The molecule has 0 unspecified atom stereocenters. The lowest BCUT2D eigenvalue weighted by Crippen LogP contribution is -2.23. The Balaban J connectivity index is 1.90. The van der Waals surface area contributed by atoms with Crippen LogP contribution in [0.1, 0.15) is 11.1 Å². The van der Waals surface area contributed by atoms with Crippen LogP contribution in [0, 0.1) is 5.82 Å². The minimum atomic E-state index is -1.03. The van der Waals surface area contributed by atoms with Crippen LogP contribution in [0.4, 0.5) is 9.18 Å². The van der Waals surface area contributed by atoms with Crippen LogP contribution >= 0.6 is 0 Å². The largest absolute Gasteiger partial charge is 0.489 e. The van der Waals surface area contributed by atoms with Gasteiger partial charge in [-0.1, -0.05) is 24.3 Å². The summed E-state index contributed by atoms with van der Waals surface area (Å²) >= 11 is 0. The third-order valence-corrected chi connectivity index (χ3v) is 2.88. The van der Waals surface area contributed by atoms with Crippen molar-refractivity contribution in [2.75, 3.05) is 6.54 Å². The molecule has 0 fully saturated rings. The highest BCUT2D eigenvalue weighted by Gasteiger charge is 2.01. The molecule has 4 nitrogen and oxygen atoms in total. The average Bonchev–Trinajstić information content (AvgIpc) is 2.45. The first kappa shape index (κ1) is 14.8. The van der Waals surface area contributed by atoms with Crippen molar-refractivity contribution in [3.05, 3.63) is 65.5 Å². The number of hydrogen-bond donors (Lipinski definition) is 2. The van der Waals surface area contributed by atoms with E-state index in [2.05, 4.69) is 5.32 Å². The standard InChI is InChI=1S/C16H16FNO3/c17-14-5-1-4-13(9-14)11-21-15-6-2-3-12(10-15)7-8-18-16(19)20/h1-6,9-10,18H,7-8,11H2,(H,19,20). The van der Waals surface area contributed by atoms with Crippen LogP contribution in [0.5, 0.6) is 5.75 Å². The van der Waals surface area contributed by atoms with Gasteiger partial charge in [0.25, 0.3) is 0 Å². The van der Waals surface area contributed by atoms with Gasteiger partial charge in [-0.3, -0.25) is 0 Å². The van der Waals surface area contributed by atoms with E-state index in [1.165, 1.54) is 12.1 Å². The van der Waals surface area contributed by atoms with Crippen molar-refractivity contribution < 1.29 is 19.0 Å². The molecule has 0 spiro atoms. The third kappa shape index (κ3) is 5.14. The van der Waals surface area contributed by atoms with Gasteiger partial charge in [0.2, 0.25) is 0 Å². The van der Waals surface area contributed by atoms with Crippen molar-refractivity contribution in [1.29, 1.82) is 0 Å². The molecule has 0 aliphatic heterocycles. The number of hydrogen-bond acceptors (Lipinski definition) is 2. The van der Waals surface area contributed by atoms with Crippen LogP contribution in [0.25, 0.3) is 0 Å². The lowest BCUT2D eigenvalue weighted by molar-refractivity contribution is 0.194. The van der Waals surface area contributed by atoms with Gasteiger partial charge >= 0.3 is 6.09 Å². The summed E-state index contributed by atoms with van der Waals surface area (Å²) in [5.41, 5.74) is 1.73. The molecule has 0 saturated heterocycles. The van der Waals surface area contributed by atoms with Gasteiger partial charge in [-0.15, -0.1) is 0 Å². The second kappa shape index (κ2) is 7.28. The van der Waals surface area contributed by atoms with Gasteiger partial charge in [-0.25, -0.2) is 9.18 Å². The highest BCUT2D eigenvalue weighted by atomic mass is 19.1. The van der Waals surface area contributed by atoms with Gasteiger partial charge in [-0.2, -0.15) is 0 Å². The molecule has 1 amide bonds. The molecular weight excluding hydrogens is 273 g/mol. The fourth-order valence-corrected chi connectivity index (χ4v) is 1.90. The number of nitrogens with one attached hydrogen (secondary N) is 1. The molecule has 2 aromatic carbocycles. The Morgan fingerprint density at radius 2 is 1.90 bits per heavy atom. The number of halogens is 1. The molecule has 0 aliphatic carbocycles. The molecule has 0 radical (unpaired) electrons. The van der Waals surface area contributed by atoms with Crippen molar-refractivity contribution in [3.63, 3.8) is 0 Å². The first-order valence-corrected chi connectivity index (χ1v) is 6.56. The van der Waals surface area contributed by atoms with Crippen LogP contribution in [0.15, 0.2) is 48.5 Å². The highest BCUT2D eigenvalue weighted by molar-refractivity contribution is 5.64. The second-order valence-corrected chi connectivity index (χ2v) is 4.55. The maximum absolute atomic E-state index is 13.1. The molecule has 2 rings (SSSR count). The zero-order chi connectivity index (χ0) is 15.1. The summed E-state index contributed by atoms with van der Waals surface area (Å²) in [5.74, 6) is 0.386. The van der Waals surface area contributed by atoms with E-state index in [1.807, 2.05) is 24.3 Å². The lowest BCUT2D eigenvalue weighted by Gasteiger charge is -2.08. The molecule has 0 aliphatic rings. The average molecular weight is 289 g/mol. The van der Waals surface area contributed by atoms with E-state index in [9.17, 15) is 9.18 Å². The fourth-order valence-electron chi connectivity index (χ4n) is 1.90. The number of ether oxygens (including phenoxy) is 1. The van der Waals surface area contributed by atoms with Crippen molar-refractivity contribution in [2.45, 2.75) is 13.0 Å². The molecule has 21 heavy (non-hydrogen) atoms. The number of benzene rings is 2. The van der Waals surface area contributed by atoms with Crippen molar-refractivity contribution in [2.24, 2.45) is 0 Å². The monoisotopic (exact) mass is 289 g/mol. The van der Waals surface area contributed by atoms with Crippen LogP contribution in [-0.2, 0) is 13.0 Å². The highest BCUT2D eigenvalue weighted by Crippen LogP contribution is 2.16. The molecular formula is C16H16FNO3. The normalized spacial score (nSPS) is 10.1. The zero-order valence-corrected chi connectivity index (χ0v) is 11.4. The molecule has 110 valence electrons. The smallest absolute Gasteiger partial charge is 0.404 e. The molecule has 5 heteroatoms. The van der Waals surface area contributed by atoms with E-state index in [-0.39, 0.29) is 12.4 Å². The lowest BCUT2D eigenvalue weighted by atomic mass is 10.1. The maximum atomic E-state index is 13.1. The number of rotatable bonds is 6. The number of amides is 1. The number of carboxylic acid groups (broad SMARTS) is 1. The minimum absolute atomic E-state index is 0.286. The van der Waals surface area contributed by atoms with Gasteiger partial charge in [0.05, 0.1) is 0 Å². The Morgan fingerprint density at radius 3 is 2.67 bits per heavy atom. The Labute approximate surface area is 122 Å². The molecule has 0 atom stereocenters. The Kier molecular flexibility index (Phi) is 5.15. The Morgan fingerprint density at radius 1 is 1.14 bits per heavy atom. The van der Waals surface area contributed by atoms with Crippen LogP contribution in [-0.4, -0.2) is 17.7 Å². The van der Waals surface area contributed by atoms with Gasteiger partial charge in [-0.05, 0) is 41.8 Å². The molecule has 0 bridgehead atoms. The first-order valence-electron chi connectivity index (χ1n) is 6.56. The fraction of sp³-hybridized carbons (Fsp3) is 0.188. The summed E-state index contributed by atoms with van der Waals surface area (Å²) < 4.78 is 18.7. The summed E-state index contributed by atoms with van der Waals surface area (Å²) in [7, 11) is 0. The maximum Gasteiger partial charge on any atom is 0.404 e. The van der Waals surface area contributed by atoms with Crippen LogP contribution in [0.3, 0.4) is 0 Å². The van der Waals surface area contributed by atoms with Gasteiger partial charge in [0.15, 0.2) is 0 Å². The zero-order valence-electron chi connectivity index (χ0n) is 11.4. The van der Waals surface area contributed by atoms with E-state index < -0.39 is 6.09 Å². The van der Waals surface area contributed by atoms with E-state index >= 15 is 0 Å². The summed E-state index contributed by atoms with van der Waals surface area (Å²) in [5, 5.41) is 10.8. The SMILES string of the molecule is O=C(O)NCCc1cccc(OCc2cccc(F)c2)c1. The van der Waals surface area contributed by atoms with Crippen LogP contribution in [0.2, 0.25) is 0 Å². The summed E-state index contributed by atoms with van der Waals surface area (Å²) in [4.78, 5) is 10.4. The summed E-state index contributed by atoms with van der Waals surface area (Å²) in [6.07, 6.45) is -0.447. The van der Waals surface area contributed by atoms with E-state index in [0.29, 0.717) is 18.7 Å². The molecule has 0 heterocycles. The molecule has 2 aromatic rings. The van der Waals surface area contributed by atoms with Crippen molar-refractivity contribution >= 4 is 6.09 Å². The first-order chi connectivity index (χ1) is 10.1. The number of carbonyl (C=O) groups is 1. The predicted octanol–water partition coefficient (Wildman–Crippen LogP) is 3.21. The van der Waals surface area contributed by atoms with Crippen LogP contribution < -0.4 is 10.1 Å². The molecule has 0 aromatic heterocycles. The molecule has 0 saturated carbocycles. The van der Waals surface area contributed by atoms with E-state index in [4.69, 9.17) is 9.84 Å². The third-order valence-electron chi connectivity index (χ3n) is 2.88. The van der Waals surface area contributed by atoms with E-state index in [1.54, 1.807) is 12.1 Å². The topological polar surface area (TPSA) is 58.6 Å². The minimum Gasteiger partial charge on any atom is -0.489 e. The van der Waals surface area contributed by atoms with Crippen molar-refractivity contribution in [3.8, 4) is 5.75 Å². The summed E-state index contributed by atoms with van der Waals surface area (Å²) in [6, 6.07) is 13.7. The van der Waals surface area contributed by atoms with Crippen molar-refractivity contribution in [1.82, 2.24) is 5.32 Å².